The number of rotatable bonds is 2. The van der Waals surface area contributed by atoms with Crippen molar-refractivity contribution >= 4 is 26.8 Å². The second-order valence-corrected chi connectivity index (χ2v) is 5.38. The topological polar surface area (TPSA) is 34.9 Å². The largest absolute Gasteiger partial charge is 0.294 e. The molecule has 20 heavy (non-hydrogen) atoms. The molecule has 0 radical (unpaired) electrons. The molecule has 0 unspecified atom stereocenters. The Kier molecular flexibility index (Phi) is 3.36. The second kappa shape index (κ2) is 5.17. The SMILES string of the molecule is O=c1c2ccc(Br)cc2ncn1Cc1ccc(F)cc1. The van der Waals surface area contributed by atoms with Crippen LogP contribution < -0.4 is 5.56 Å². The van der Waals surface area contributed by atoms with Crippen molar-refractivity contribution in [1.29, 1.82) is 0 Å². The number of aromatic nitrogens is 2. The molecular formula is C15H10BrFN2O. The first-order chi connectivity index (χ1) is 9.63. The van der Waals surface area contributed by atoms with Crippen molar-refractivity contribution in [3.8, 4) is 0 Å². The molecule has 0 spiro atoms. The van der Waals surface area contributed by atoms with Crippen molar-refractivity contribution in [1.82, 2.24) is 9.55 Å². The monoisotopic (exact) mass is 332 g/mol. The highest BCUT2D eigenvalue weighted by Gasteiger charge is 2.05. The summed E-state index contributed by atoms with van der Waals surface area (Å²) in [4.78, 5) is 16.6. The van der Waals surface area contributed by atoms with Crippen LogP contribution in [0.1, 0.15) is 5.56 Å². The summed E-state index contributed by atoms with van der Waals surface area (Å²) in [6, 6.07) is 11.4. The van der Waals surface area contributed by atoms with Crippen LogP contribution in [-0.2, 0) is 6.54 Å². The Hall–Kier alpha value is -2.01. The number of benzene rings is 2. The lowest BCUT2D eigenvalue weighted by Crippen LogP contribution is -2.21. The van der Waals surface area contributed by atoms with Crippen molar-refractivity contribution in [2.45, 2.75) is 6.54 Å². The van der Waals surface area contributed by atoms with Gasteiger partial charge >= 0.3 is 0 Å². The van der Waals surface area contributed by atoms with Gasteiger partial charge in [0.2, 0.25) is 0 Å². The molecule has 0 amide bonds. The van der Waals surface area contributed by atoms with Crippen molar-refractivity contribution in [3.05, 3.63) is 75.0 Å². The molecule has 0 aliphatic carbocycles. The van der Waals surface area contributed by atoms with Gasteiger partial charge in [0.25, 0.3) is 5.56 Å². The Labute approximate surface area is 122 Å². The van der Waals surface area contributed by atoms with Crippen LogP contribution in [0.4, 0.5) is 4.39 Å². The van der Waals surface area contributed by atoms with Crippen LogP contribution in [0.25, 0.3) is 10.9 Å². The molecular weight excluding hydrogens is 323 g/mol. The van der Waals surface area contributed by atoms with Gasteiger partial charge in [0.1, 0.15) is 5.82 Å². The Morgan fingerprint density at radius 2 is 1.90 bits per heavy atom. The zero-order valence-corrected chi connectivity index (χ0v) is 12.0. The molecule has 0 atom stereocenters. The zero-order chi connectivity index (χ0) is 14.1. The minimum Gasteiger partial charge on any atom is -0.294 e. The predicted molar refractivity (Wildman–Crippen MR) is 79.2 cm³/mol. The summed E-state index contributed by atoms with van der Waals surface area (Å²) in [6.07, 6.45) is 1.51. The van der Waals surface area contributed by atoms with Gasteiger partial charge in [-0.1, -0.05) is 28.1 Å². The third-order valence-corrected chi connectivity index (χ3v) is 3.55. The van der Waals surface area contributed by atoms with Crippen LogP contribution in [0.5, 0.6) is 0 Å². The lowest BCUT2D eigenvalue weighted by atomic mass is 10.2. The fraction of sp³-hybridized carbons (Fsp3) is 0.0667. The van der Waals surface area contributed by atoms with Gasteiger partial charge in [0.15, 0.2) is 0 Å². The molecule has 3 aromatic rings. The van der Waals surface area contributed by atoms with Crippen LogP contribution >= 0.6 is 15.9 Å². The molecule has 3 rings (SSSR count). The standard InChI is InChI=1S/C15H10BrFN2O/c16-11-3-6-13-14(7-11)18-9-19(15(13)20)8-10-1-4-12(17)5-2-10/h1-7,9H,8H2. The Morgan fingerprint density at radius 3 is 2.65 bits per heavy atom. The van der Waals surface area contributed by atoms with E-state index in [4.69, 9.17) is 0 Å². The van der Waals surface area contributed by atoms with Gasteiger partial charge in [-0.3, -0.25) is 9.36 Å². The van der Waals surface area contributed by atoms with Gasteiger partial charge < -0.3 is 0 Å². The third kappa shape index (κ3) is 2.49. The zero-order valence-electron chi connectivity index (χ0n) is 10.4. The summed E-state index contributed by atoms with van der Waals surface area (Å²) in [7, 11) is 0. The third-order valence-electron chi connectivity index (χ3n) is 3.05. The average molecular weight is 333 g/mol. The van der Waals surface area contributed by atoms with Crippen molar-refractivity contribution in [3.63, 3.8) is 0 Å². The highest BCUT2D eigenvalue weighted by atomic mass is 79.9. The normalized spacial score (nSPS) is 10.9. The van der Waals surface area contributed by atoms with Gasteiger partial charge in [-0.05, 0) is 35.9 Å². The average Bonchev–Trinajstić information content (AvgIpc) is 2.44. The Morgan fingerprint density at radius 1 is 1.15 bits per heavy atom. The summed E-state index contributed by atoms with van der Waals surface area (Å²) < 4.78 is 15.3. The predicted octanol–water partition coefficient (Wildman–Crippen LogP) is 3.35. The van der Waals surface area contributed by atoms with E-state index >= 15 is 0 Å². The van der Waals surface area contributed by atoms with E-state index < -0.39 is 0 Å². The van der Waals surface area contributed by atoms with E-state index in [0.29, 0.717) is 17.4 Å². The maximum absolute atomic E-state index is 12.9. The van der Waals surface area contributed by atoms with Gasteiger partial charge in [0, 0.05) is 4.47 Å². The molecule has 5 heteroatoms. The molecule has 0 aliphatic rings. The molecule has 0 fully saturated rings. The van der Waals surface area contributed by atoms with E-state index in [1.807, 2.05) is 6.07 Å². The van der Waals surface area contributed by atoms with Crippen LogP contribution in [-0.4, -0.2) is 9.55 Å². The quantitative estimate of drug-likeness (QED) is 0.721. The van der Waals surface area contributed by atoms with Crippen LogP contribution in [0.2, 0.25) is 0 Å². The lowest BCUT2D eigenvalue weighted by Gasteiger charge is -2.07. The highest BCUT2D eigenvalue weighted by molar-refractivity contribution is 9.10. The smallest absolute Gasteiger partial charge is 0.261 e. The van der Waals surface area contributed by atoms with Crippen molar-refractivity contribution in [2.24, 2.45) is 0 Å². The number of halogens is 2. The van der Waals surface area contributed by atoms with Crippen LogP contribution in [0, 0.1) is 5.82 Å². The number of fused-ring (bicyclic) bond motifs is 1. The molecule has 100 valence electrons. The fourth-order valence-corrected chi connectivity index (χ4v) is 2.38. The Bertz CT molecular complexity index is 827. The Balaban J connectivity index is 2.04. The summed E-state index contributed by atoms with van der Waals surface area (Å²) in [5.74, 6) is -0.289. The van der Waals surface area contributed by atoms with E-state index in [1.165, 1.54) is 23.0 Å². The van der Waals surface area contributed by atoms with Gasteiger partial charge in [-0.15, -0.1) is 0 Å². The fourth-order valence-electron chi connectivity index (χ4n) is 2.03. The lowest BCUT2D eigenvalue weighted by molar-refractivity contribution is 0.626. The molecule has 0 saturated heterocycles. The van der Waals surface area contributed by atoms with Crippen LogP contribution in [0.15, 0.2) is 58.1 Å². The maximum Gasteiger partial charge on any atom is 0.261 e. The van der Waals surface area contributed by atoms with E-state index in [0.717, 1.165) is 10.0 Å². The van der Waals surface area contributed by atoms with Crippen molar-refractivity contribution < 1.29 is 4.39 Å². The van der Waals surface area contributed by atoms with Gasteiger partial charge in [-0.25, -0.2) is 9.37 Å². The molecule has 1 aromatic heterocycles. The van der Waals surface area contributed by atoms with E-state index in [-0.39, 0.29) is 11.4 Å². The summed E-state index contributed by atoms with van der Waals surface area (Å²) in [5.41, 5.74) is 1.40. The second-order valence-electron chi connectivity index (χ2n) is 4.47. The summed E-state index contributed by atoms with van der Waals surface area (Å²) in [5, 5.41) is 0.567. The maximum atomic E-state index is 12.9. The van der Waals surface area contributed by atoms with E-state index in [9.17, 15) is 9.18 Å². The van der Waals surface area contributed by atoms with Crippen LogP contribution in [0.3, 0.4) is 0 Å². The summed E-state index contributed by atoms with van der Waals surface area (Å²) >= 11 is 3.35. The van der Waals surface area contributed by atoms with Gasteiger partial charge in [0.05, 0.1) is 23.8 Å². The summed E-state index contributed by atoms with van der Waals surface area (Å²) in [6.45, 7) is 0.373. The first kappa shape index (κ1) is 13.0. The minimum atomic E-state index is -0.289. The first-order valence-electron chi connectivity index (χ1n) is 6.02. The van der Waals surface area contributed by atoms with Crippen molar-refractivity contribution in [2.75, 3.05) is 0 Å². The van der Waals surface area contributed by atoms with Gasteiger partial charge in [-0.2, -0.15) is 0 Å². The number of nitrogens with zero attached hydrogens (tertiary/aromatic N) is 2. The number of hydrogen-bond donors (Lipinski definition) is 0. The molecule has 1 heterocycles. The van der Waals surface area contributed by atoms with E-state index in [1.54, 1.807) is 24.3 Å². The first-order valence-corrected chi connectivity index (χ1v) is 6.82. The number of hydrogen-bond acceptors (Lipinski definition) is 2. The molecule has 3 nitrogen and oxygen atoms in total. The molecule has 0 saturated carbocycles. The molecule has 0 N–H and O–H groups in total. The minimum absolute atomic E-state index is 0.105. The molecule has 0 aliphatic heterocycles. The highest BCUT2D eigenvalue weighted by Crippen LogP contribution is 2.15. The molecule has 0 bridgehead atoms. The molecule has 2 aromatic carbocycles. The van der Waals surface area contributed by atoms with E-state index in [2.05, 4.69) is 20.9 Å².